The molecular formula is C27H25ClN2O2. The van der Waals surface area contributed by atoms with Crippen LogP contribution in [0.5, 0.6) is 0 Å². The number of rotatable bonds is 6. The first kappa shape index (κ1) is 21.8. The van der Waals surface area contributed by atoms with Gasteiger partial charge in [-0.3, -0.25) is 9.59 Å². The smallest absolute Gasteiger partial charge is 0.282 e. The number of amides is 2. The van der Waals surface area contributed by atoms with E-state index < -0.39 is 0 Å². The van der Waals surface area contributed by atoms with Crippen molar-refractivity contribution in [3.8, 4) is 0 Å². The molecule has 1 heterocycles. The maximum absolute atomic E-state index is 13.7. The van der Waals surface area contributed by atoms with Gasteiger partial charge >= 0.3 is 0 Å². The molecule has 4 nitrogen and oxygen atoms in total. The van der Waals surface area contributed by atoms with Crippen LogP contribution >= 0.6 is 11.6 Å². The first-order valence-electron chi connectivity index (χ1n) is 10.7. The quantitative estimate of drug-likeness (QED) is 0.453. The minimum atomic E-state index is -0.331. The van der Waals surface area contributed by atoms with Crippen molar-refractivity contribution in [3.05, 3.63) is 106 Å². The van der Waals surface area contributed by atoms with Gasteiger partial charge in [0, 0.05) is 18.1 Å². The maximum atomic E-state index is 13.7. The minimum absolute atomic E-state index is 0.330. The summed E-state index contributed by atoms with van der Waals surface area (Å²) in [7, 11) is 0. The third-order valence-corrected chi connectivity index (χ3v) is 6.07. The number of likely N-dealkylation sites (N-methyl/N-ethyl adjacent to an activating group) is 1. The Morgan fingerprint density at radius 3 is 2.25 bits per heavy atom. The van der Waals surface area contributed by atoms with Crippen LogP contribution in [-0.2, 0) is 16.1 Å². The van der Waals surface area contributed by atoms with Gasteiger partial charge in [0.1, 0.15) is 5.70 Å². The highest BCUT2D eigenvalue weighted by atomic mass is 35.5. The molecule has 0 aromatic heterocycles. The monoisotopic (exact) mass is 444 g/mol. The molecule has 3 aromatic rings. The van der Waals surface area contributed by atoms with Gasteiger partial charge < -0.3 is 4.90 Å². The molecule has 162 valence electrons. The van der Waals surface area contributed by atoms with Gasteiger partial charge in [-0.1, -0.05) is 66.2 Å². The fourth-order valence-electron chi connectivity index (χ4n) is 3.97. The highest BCUT2D eigenvalue weighted by Gasteiger charge is 2.42. The molecule has 0 spiro atoms. The van der Waals surface area contributed by atoms with Crippen molar-refractivity contribution in [1.82, 2.24) is 4.90 Å². The first-order valence-corrected chi connectivity index (χ1v) is 11.0. The Hall–Kier alpha value is -3.37. The van der Waals surface area contributed by atoms with Crippen LogP contribution in [0, 0.1) is 13.8 Å². The molecule has 0 atom stereocenters. The van der Waals surface area contributed by atoms with Gasteiger partial charge in [-0.2, -0.15) is 0 Å². The van der Waals surface area contributed by atoms with Crippen LogP contribution < -0.4 is 4.90 Å². The molecule has 2 amide bonds. The van der Waals surface area contributed by atoms with E-state index in [1.165, 1.54) is 4.90 Å². The molecule has 0 fully saturated rings. The van der Waals surface area contributed by atoms with Crippen molar-refractivity contribution < 1.29 is 9.59 Å². The second kappa shape index (κ2) is 9.01. The minimum Gasteiger partial charge on any atom is -0.362 e. The van der Waals surface area contributed by atoms with Crippen molar-refractivity contribution in [3.63, 3.8) is 0 Å². The second-order valence-electron chi connectivity index (χ2n) is 7.95. The van der Waals surface area contributed by atoms with E-state index in [0.29, 0.717) is 35.1 Å². The highest BCUT2D eigenvalue weighted by molar-refractivity contribution is 6.45. The molecule has 3 aromatic carbocycles. The van der Waals surface area contributed by atoms with Crippen LogP contribution in [0.25, 0.3) is 5.57 Å². The van der Waals surface area contributed by atoms with E-state index in [4.69, 9.17) is 11.6 Å². The normalized spacial score (nSPS) is 13.8. The van der Waals surface area contributed by atoms with E-state index in [1.54, 1.807) is 24.3 Å². The lowest BCUT2D eigenvalue weighted by molar-refractivity contribution is -0.120. The van der Waals surface area contributed by atoms with Gasteiger partial charge in [0.25, 0.3) is 11.8 Å². The summed E-state index contributed by atoms with van der Waals surface area (Å²) in [6, 6.07) is 22.7. The van der Waals surface area contributed by atoms with Crippen molar-refractivity contribution in [2.24, 2.45) is 0 Å². The molecule has 0 radical (unpaired) electrons. The topological polar surface area (TPSA) is 40.6 Å². The zero-order valence-corrected chi connectivity index (χ0v) is 19.2. The number of carbonyl (C=O) groups excluding carboxylic acids is 2. The average molecular weight is 445 g/mol. The highest BCUT2D eigenvalue weighted by Crippen LogP contribution is 2.36. The van der Waals surface area contributed by atoms with Crippen molar-refractivity contribution in [2.75, 3.05) is 11.4 Å². The zero-order chi connectivity index (χ0) is 22.8. The number of anilines is 1. The lowest BCUT2D eigenvalue weighted by Gasteiger charge is -2.25. The third kappa shape index (κ3) is 4.06. The predicted octanol–water partition coefficient (Wildman–Crippen LogP) is 5.76. The van der Waals surface area contributed by atoms with E-state index in [1.807, 2.05) is 74.2 Å². The van der Waals surface area contributed by atoms with Crippen molar-refractivity contribution in [1.29, 1.82) is 0 Å². The van der Waals surface area contributed by atoms with Crippen LogP contribution in [0.3, 0.4) is 0 Å². The van der Waals surface area contributed by atoms with Crippen LogP contribution in [0.4, 0.5) is 5.69 Å². The number of carbonyl (C=O) groups is 2. The summed E-state index contributed by atoms with van der Waals surface area (Å²) in [6.45, 7) is 7.15. The summed E-state index contributed by atoms with van der Waals surface area (Å²) in [5.74, 6) is -0.662. The Labute approximate surface area is 193 Å². The zero-order valence-electron chi connectivity index (χ0n) is 18.4. The van der Waals surface area contributed by atoms with E-state index >= 15 is 0 Å². The van der Waals surface area contributed by atoms with Gasteiger partial charge in [-0.05, 0) is 61.2 Å². The van der Waals surface area contributed by atoms with E-state index in [9.17, 15) is 9.59 Å². The molecule has 0 unspecified atom stereocenters. The molecule has 0 bridgehead atoms. The fourth-order valence-corrected chi connectivity index (χ4v) is 4.16. The third-order valence-electron chi connectivity index (χ3n) is 5.84. The largest absolute Gasteiger partial charge is 0.362 e. The number of hydrogen-bond acceptors (Lipinski definition) is 3. The Balaban J connectivity index is 1.86. The lowest BCUT2D eigenvalue weighted by Crippen LogP contribution is -2.35. The molecule has 32 heavy (non-hydrogen) atoms. The molecule has 0 saturated carbocycles. The molecule has 4 rings (SSSR count). The molecule has 5 heteroatoms. The Kier molecular flexibility index (Phi) is 6.15. The summed E-state index contributed by atoms with van der Waals surface area (Å²) < 4.78 is 0. The fraction of sp³-hybridized carbons (Fsp3) is 0.185. The summed E-state index contributed by atoms with van der Waals surface area (Å²) >= 11 is 6.17. The second-order valence-corrected chi connectivity index (χ2v) is 8.38. The number of imide groups is 1. The summed E-state index contributed by atoms with van der Waals surface area (Å²) in [5.41, 5.74) is 5.35. The average Bonchev–Trinajstić information content (AvgIpc) is 3.04. The lowest BCUT2D eigenvalue weighted by atomic mass is 9.99. The van der Waals surface area contributed by atoms with Crippen LogP contribution in [0.1, 0.15) is 29.2 Å². The number of benzene rings is 3. The van der Waals surface area contributed by atoms with Gasteiger partial charge in [0.15, 0.2) is 0 Å². The Morgan fingerprint density at radius 1 is 0.844 bits per heavy atom. The molecule has 1 aliphatic rings. The summed E-state index contributed by atoms with van der Waals surface area (Å²) in [4.78, 5) is 30.6. The van der Waals surface area contributed by atoms with Gasteiger partial charge in [0.05, 0.1) is 11.3 Å². The number of hydrogen-bond donors (Lipinski definition) is 0. The van der Waals surface area contributed by atoms with Crippen LogP contribution in [-0.4, -0.2) is 23.3 Å². The van der Waals surface area contributed by atoms with E-state index in [0.717, 1.165) is 22.3 Å². The predicted molar refractivity (Wildman–Crippen MR) is 129 cm³/mol. The SMILES string of the molecule is CCN(Cc1ccccc1)C1=C(c2ccc(C)c(C)c2)C(=O)N(c2cccc(Cl)c2)C1=O. The standard InChI is InChI=1S/C27H25ClN2O2/c1-4-29(17-20-9-6-5-7-10-20)25-24(21-14-13-18(2)19(3)15-21)26(31)30(27(25)32)23-12-8-11-22(28)16-23/h5-16H,4,17H2,1-3H3. The van der Waals surface area contributed by atoms with E-state index in [-0.39, 0.29) is 11.8 Å². The molecule has 1 aliphatic heterocycles. The Bertz CT molecular complexity index is 1220. The van der Waals surface area contributed by atoms with Gasteiger partial charge in [-0.25, -0.2) is 4.90 Å². The maximum Gasteiger partial charge on any atom is 0.282 e. The summed E-state index contributed by atoms with van der Waals surface area (Å²) in [6.07, 6.45) is 0. The molecule has 0 saturated heterocycles. The molecular weight excluding hydrogens is 420 g/mol. The molecule has 0 N–H and O–H groups in total. The first-order chi connectivity index (χ1) is 15.4. The van der Waals surface area contributed by atoms with E-state index in [2.05, 4.69) is 0 Å². The van der Waals surface area contributed by atoms with Gasteiger partial charge in [0.2, 0.25) is 0 Å². The van der Waals surface area contributed by atoms with Crippen LogP contribution in [0.2, 0.25) is 5.02 Å². The van der Waals surface area contributed by atoms with Crippen LogP contribution in [0.15, 0.2) is 78.5 Å². The number of halogens is 1. The molecule has 0 aliphatic carbocycles. The Morgan fingerprint density at radius 2 is 1.59 bits per heavy atom. The van der Waals surface area contributed by atoms with Crippen molar-refractivity contribution in [2.45, 2.75) is 27.3 Å². The summed E-state index contributed by atoms with van der Waals surface area (Å²) in [5, 5.41) is 0.473. The number of aryl methyl sites for hydroxylation is 2. The van der Waals surface area contributed by atoms with Gasteiger partial charge in [-0.15, -0.1) is 0 Å². The van der Waals surface area contributed by atoms with Crippen molar-refractivity contribution >= 4 is 34.7 Å². The number of nitrogens with zero attached hydrogens (tertiary/aromatic N) is 2.